The van der Waals surface area contributed by atoms with Crippen molar-refractivity contribution in [3.05, 3.63) is 18.5 Å². The third kappa shape index (κ3) is 4.02. The van der Waals surface area contributed by atoms with Crippen LogP contribution < -0.4 is 9.62 Å². The fraction of sp³-hybridized carbons (Fsp3) is 0.733. The summed E-state index contributed by atoms with van der Waals surface area (Å²) in [5.74, 6) is 0.918. The first-order valence-corrected chi connectivity index (χ1v) is 9.91. The van der Waals surface area contributed by atoms with Gasteiger partial charge in [0.05, 0.1) is 13.2 Å². The summed E-state index contributed by atoms with van der Waals surface area (Å²) < 4.78 is 34.9. The van der Waals surface area contributed by atoms with Gasteiger partial charge in [0, 0.05) is 44.6 Å². The van der Waals surface area contributed by atoms with E-state index in [1.54, 1.807) is 18.5 Å². The fourth-order valence-corrected chi connectivity index (χ4v) is 4.77. The highest BCUT2D eigenvalue weighted by Gasteiger charge is 2.37. The summed E-state index contributed by atoms with van der Waals surface area (Å²) >= 11 is 0. The van der Waals surface area contributed by atoms with Gasteiger partial charge in [-0.25, -0.2) is 9.97 Å². The summed E-state index contributed by atoms with van der Waals surface area (Å²) in [6, 6.07) is 1.66. The predicted molar refractivity (Wildman–Crippen MR) is 90.9 cm³/mol. The molecule has 0 aromatic carbocycles. The number of nitrogens with zero attached hydrogens (tertiary/aromatic N) is 4. The third-order valence-electron chi connectivity index (χ3n) is 4.55. The second kappa shape index (κ2) is 7.73. The van der Waals surface area contributed by atoms with Crippen molar-refractivity contribution in [1.82, 2.24) is 19.0 Å². The molecule has 0 aliphatic carbocycles. The number of anilines is 1. The summed E-state index contributed by atoms with van der Waals surface area (Å²) in [6.07, 6.45) is 5.41. The second-order valence-electron chi connectivity index (χ2n) is 6.24. The van der Waals surface area contributed by atoms with E-state index in [4.69, 9.17) is 4.74 Å². The summed E-state index contributed by atoms with van der Waals surface area (Å²) in [5.41, 5.74) is 0. The Morgan fingerprint density at radius 1 is 1.25 bits per heavy atom. The van der Waals surface area contributed by atoms with E-state index in [-0.39, 0.29) is 12.0 Å². The molecule has 134 valence electrons. The Bertz CT molecular complexity index is 621. The fourth-order valence-electron chi connectivity index (χ4n) is 3.34. The van der Waals surface area contributed by atoms with E-state index < -0.39 is 10.2 Å². The minimum Gasteiger partial charge on any atom is -0.379 e. The highest BCUT2D eigenvalue weighted by atomic mass is 32.2. The highest BCUT2D eigenvalue weighted by Crippen LogP contribution is 2.25. The van der Waals surface area contributed by atoms with Gasteiger partial charge in [-0.1, -0.05) is 13.3 Å². The third-order valence-corrected chi connectivity index (χ3v) is 6.19. The van der Waals surface area contributed by atoms with Gasteiger partial charge in [0.15, 0.2) is 0 Å². The first-order chi connectivity index (χ1) is 11.6. The lowest BCUT2D eigenvalue weighted by Crippen LogP contribution is -2.51. The number of ether oxygens (including phenoxy) is 1. The van der Waals surface area contributed by atoms with Crippen molar-refractivity contribution < 1.29 is 13.2 Å². The van der Waals surface area contributed by atoms with Crippen molar-refractivity contribution in [2.75, 3.05) is 44.3 Å². The van der Waals surface area contributed by atoms with Crippen LogP contribution in [0.25, 0.3) is 0 Å². The van der Waals surface area contributed by atoms with Crippen LogP contribution in [-0.2, 0) is 14.9 Å². The minimum atomic E-state index is -3.49. The van der Waals surface area contributed by atoms with Crippen molar-refractivity contribution in [3.63, 3.8) is 0 Å². The Labute approximate surface area is 143 Å². The number of hydrogen-bond donors (Lipinski definition) is 1. The molecule has 2 aliphatic rings. The van der Waals surface area contributed by atoms with Crippen LogP contribution in [0.15, 0.2) is 18.5 Å². The topological polar surface area (TPSA) is 87.7 Å². The van der Waals surface area contributed by atoms with Crippen LogP contribution in [0.1, 0.15) is 19.8 Å². The first-order valence-electron chi connectivity index (χ1n) is 8.47. The maximum atomic E-state index is 12.6. The zero-order chi connectivity index (χ0) is 17.0. The molecule has 0 unspecified atom stereocenters. The molecule has 0 amide bonds. The number of nitrogens with one attached hydrogen (secondary N) is 1. The van der Waals surface area contributed by atoms with E-state index in [1.807, 2.05) is 0 Å². The smallest absolute Gasteiger partial charge is 0.279 e. The van der Waals surface area contributed by atoms with Gasteiger partial charge in [-0.15, -0.1) is 0 Å². The number of morpholine rings is 1. The molecule has 3 rings (SSSR count). The molecule has 9 heteroatoms. The molecule has 24 heavy (non-hydrogen) atoms. The molecule has 0 saturated carbocycles. The van der Waals surface area contributed by atoms with Gasteiger partial charge in [-0.2, -0.15) is 17.4 Å². The molecule has 1 aromatic heterocycles. The molecule has 0 radical (unpaired) electrons. The van der Waals surface area contributed by atoms with Gasteiger partial charge in [-0.3, -0.25) is 0 Å². The van der Waals surface area contributed by atoms with Gasteiger partial charge in [0.25, 0.3) is 10.2 Å². The molecule has 2 aliphatic heterocycles. The standard InChI is InChI=1S/C15H25N5O3S/c1-2-4-13-11-19(15-16-5-3-6-17-15)12-14(13)18-24(21,22)20-7-9-23-10-8-20/h3,5-6,13-14,18H,2,4,7-12H2,1H3/t13-,14-/m1/s1. The van der Waals surface area contributed by atoms with Gasteiger partial charge < -0.3 is 9.64 Å². The molecular formula is C15H25N5O3S. The summed E-state index contributed by atoms with van der Waals surface area (Å²) in [6.45, 7) is 5.21. The molecule has 2 atom stereocenters. The van der Waals surface area contributed by atoms with Crippen LogP contribution in [0.4, 0.5) is 5.95 Å². The second-order valence-corrected chi connectivity index (χ2v) is 7.95. The van der Waals surface area contributed by atoms with E-state index in [2.05, 4.69) is 26.5 Å². The zero-order valence-electron chi connectivity index (χ0n) is 14.0. The average molecular weight is 355 g/mol. The monoisotopic (exact) mass is 355 g/mol. The van der Waals surface area contributed by atoms with Crippen molar-refractivity contribution in [2.45, 2.75) is 25.8 Å². The number of aromatic nitrogens is 2. The minimum absolute atomic E-state index is 0.124. The van der Waals surface area contributed by atoms with Crippen molar-refractivity contribution in [1.29, 1.82) is 0 Å². The normalized spacial score (nSPS) is 26.0. The van der Waals surface area contributed by atoms with E-state index in [1.165, 1.54) is 4.31 Å². The van der Waals surface area contributed by atoms with Crippen molar-refractivity contribution >= 4 is 16.2 Å². The van der Waals surface area contributed by atoms with Gasteiger partial charge in [0.1, 0.15) is 0 Å². The maximum absolute atomic E-state index is 12.6. The summed E-state index contributed by atoms with van der Waals surface area (Å²) in [5, 5.41) is 0. The Morgan fingerprint density at radius 2 is 1.96 bits per heavy atom. The Hall–Kier alpha value is -1.29. The lowest BCUT2D eigenvalue weighted by Gasteiger charge is -2.28. The van der Waals surface area contributed by atoms with Gasteiger partial charge in [0.2, 0.25) is 5.95 Å². The van der Waals surface area contributed by atoms with Crippen LogP contribution >= 0.6 is 0 Å². The average Bonchev–Trinajstić information content (AvgIpc) is 2.99. The summed E-state index contributed by atoms with van der Waals surface area (Å²) in [4.78, 5) is 10.6. The van der Waals surface area contributed by atoms with Crippen molar-refractivity contribution in [3.8, 4) is 0 Å². The van der Waals surface area contributed by atoms with E-state index in [0.717, 1.165) is 19.4 Å². The quantitative estimate of drug-likeness (QED) is 0.787. The number of hydrogen-bond acceptors (Lipinski definition) is 6. The van der Waals surface area contributed by atoms with Gasteiger partial charge >= 0.3 is 0 Å². The molecule has 0 spiro atoms. The van der Waals surface area contributed by atoms with E-state index >= 15 is 0 Å². The van der Waals surface area contributed by atoms with Crippen LogP contribution in [-0.4, -0.2) is 68.1 Å². The van der Waals surface area contributed by atoms with E-state index in [9.17, 15) is 8.42 Å². The van der Waals surface area contributed by atoms with Crippen LogP contribution in [0.3, 0.4) is 0 Å². The largest absolute Gasteiger partial charge is 0.379 e. The molecule has 2 saturated heterocycles. The molecule has 2 fully saturated rings. The number of rotatable bonds is 6. The molecular weight excluding hydrogens is 330 g/mol. The molecule has 1 aromatic rings. The van der Waals surface area contributed by atoms with Crippen LogP contribution in [0, 0.1) is 5.92 Å². The first kappa shape index (κ1) is 17.5. The van der Waals surface area contributed by atoms with E-state index in [0.29, 0.717) is 38.8 Å². The Morgan fingerprint density at radius 3 is 2.62 bits per heavy atom. The molecule has 8 nitrogen and oxygen atoms in total. The van der Waals surface area contributed by atoms with Crippen LogP contribution in [0.2, 0.25) is 0 Å². The molecule has 3 heterocycles. The Kier molecular flexibility index (Phi) is 5.65. The maximum Gasteiger partial charge on any atom is 0.279 e. The SMILES string of the molecule is CCC[C@@H]1CN(c2ncccn2)C[C@H]1NS(=O)(=O)N1CCOCC1. The lowest BCUT2D eigenvalue weighted by atomic mass is 9.99. The zero-order valence-corrected chi connectivity index (χ0v) is 14.8. The van der Waals surface area contributed by atoms with Crippen molar-refractivity contribution in [2.24, 2.45) is 5.92 Å². The molecule has 0 bridgehead atoms. The lowest BCUT2D eigenvalue weighted by molar-refractivity contribution is 0.0722. The highest BCUT2D eigenvalue weighted by molar-refractivity contribution is 7.87. The molecule has 1 N–H and O–H groups in total. The Balaban J connectivity index is 1.70. The summed E-state index contributed by atoms with van der Waals surface area (Å²) in [7, 11) is -3.49. The van der Waals surface area contributed by atoms with Crippen LogP contribution in [0.5, 0.6) is 0 Å². The van der Waals surface area contributed by atoms with Gasteiger partial charge in [-0.05, 0) is 18.4 Å². The predicted octanol–water partition coefficient (Wildman–Crippen LogP) is 0.248.